The van der Waals surface area contributed by atoms with Gasteiger partial charge in [-0.2, -0.15) is 0 Å². The molecule has 1 aliphatic rings. The van der Waals surface area contributed by atoms with Crippen LogP contribution in [0.3, 0.4) is 0 Å². The first-order chi connectivity index (χ1) is 12.5. The van der Waals surface area contributed by atoms with Gasteiger partial charge in [0.1, 0.15) is 0 Å². The number of fused-ring (bicyclic) bond motifs is 2. The molecule has 0 aliphatic carbocycles. The van der Waals surface area contributed by atoms with Gasteiger partial charge in [-0.3, -0.25) is 9.78 Å². The number of hydrogen-bond donors (Lipinski definition) is 3. The van der Waals surface area contributed by atoms with Crippen molar-refractivity contribution in [2.45, 2.75) is 40.2 Å². The minimum atomic E-state index is -0.362. The van der Waals surface area contributed by atoms with E-state index in [4.69, 9.17) is 10.7 Å². The molecule has 1 aromatic carbocycles. The molecule has 0 fully saturated rings. The largest absolute Gasteiger partial charge is 0.369 e. The Kier molecular flexibility index (Phi) is 4.04. The van der Waals surface area contributed by atoms with E-state index in [0.717, 1.165) is 47.5 Å². The zero-order chi connectivity index (χ0) is 18.4. The summed E-state index contributed by atoms with van der Waals surface area (Å²) in [6.07, 6.45) is 1.16. The molecule has 3 aromatic rings. The van der Waals surface area contributed by atoms with Crippen LogP contribution in [0.15, 0.2) is 18.2 Å². The number of H-pyrrole nitrogens is 1. The summed E-state index contributed by atoms with van der Waals surface area (Å²) in [6.45, 7) is 8.12. The molecule has 5 heteroatoms. The van der Waals surface area contributed by atoms with Crippen molar-refractivity contribution in [1.82, 2.24) is 15.3 Å². The van der Waals surface area contributed by atoms with Crippen molar-refractivity contribution in [3.8, 4) is 11.1 Å². The van der Waals surface area contributed by atoms with E-state index in [1.54, 1.807) is 0 Å². The highest BCUT2D eigenvalue weighted by Gasteiger charge is 2.22. The van der Waals surface area contributed by atoms with Gasteiger partial charge in [-0.1, -0.05) is 18.2 Å². The van der Waals surface area contributed by atoms with Crippen LogP contribution in [0.2, 0.25) is 0 Å². The van der Waals surface area contributed by atoms with Crippen molar-refractivity contribution in [3.63, 3.8) is 0 Å². The lowest BCUT2D eigenvalue weighted by molar-refractivity contribution is -0.117. The SMILES string of the molecule is Cc1nc(CC(N)=O)c2[nH]c(C)c(C)c2c1-c1cccc2c1CCNC2. The normalized spacial score (nSPS) is 13.8. The average molecular weight is 348 g/mol. The van der Waals surface area contributed by atoms with Crippen LogP contribution < -0.4 is 11.1 Å². The number of carbonyl (C=O) groups is 1. The fourth-order valence-corrected chi connectivity index (χ4v) is 4.13. The second-order valence-corrected chi connectivity index (χ2v) is 7.16. The predicted molar refractivity (Wildman–Crippen MR) is 104 cm³/mol. The molecule has 2 aromatic heterocycles. The van der Waals surface area contributed by atoms with Gasteiger partial charge in [0, 0.05) is 28.9 Å². The van der Waals surface area contributed by atoms with Gasteiger partial charge >= 0.3 is 0 Å². The summed E-state index contributed by atoms with van der Waals surface area (Å²) in [4.78, 5) is 19.7. The van der Waals surface area contributed by atoms with E-state index in [1.165, 1.54) is 27.8 Å². The number of carbonyl (C=O) groups excluding carboxylic acids is 1. The Hall–Kier alpha value is -2.66. The molecule has 26 heavy (non-hydrogen) atoms. The van der Waals surface area contributed by atoms with Crippen molar-refractivity contribution >= 4 is 16.8 Å². The highest BCUT2D eigenvalue weighted by Crippen LogP contribution is 2.38. The Morgan fingerprint density at radius 1 is 1.27 bits per heavy atom. The maximum atomic E-state index is 11.5. The highest BCUT2D eigenvalue weighted by atomic mass is 16.1. The topological polar surface area (TPSA) is 83.8 Å². The van der Waals surface area contributed by atoms with E-state index in [-0.39, 0.29) is 12.3 Å². The number of aryl methyl sites for hydroxylation is 3. The van der Waals surface area contributed by atoms with Gasteiger partial charge in [-0.25, -0.2) is 0 Å². The van der Waals surface area contributed by atoms with Crippen LogP contribution in [0, 0.1) is 20.8 Å². The standard InChI is InChI=1S/C21H24N4O/c1-11-12(2)25-21-17(9-18(22)26)24-13(3)20(19(11)21)16-6-4-5-14-10-23-8-7-15(14)16/h4-6,23,25H,7-10H2,1-3H3,(H2,22,26). The van der Waals surface area contributed by atoms with Crippen LogP contribution in [-0.4, -0.2) is 22.4 Å². The summed E-state index contributed by atoms with van der Waals surface area (Å²) in [6, 6.07) is 6.52. The number of hydrogen-bond acceptors (Lipinski definition) is 3. The van der Waals surface area contributed by atoms with E-state index in [2.05, 4.69) is 42.3 Å². The molecule has 134 valence electrons. The molecule has 0 bridgehead atoms. The summed E-state index contributed by atoms with van der Waals surface area (Å²) >= 11 is 0. The maximum Gasteiger partial charge on any atom is 0.223 e. The van der Waals surface area contributed by atoms with Gasteiger partial charge in [0.15, 0.2) is 0 Å². The van der Waals surface area contributed by atoms with Gasteiger partial charge in [-0.05, 0) is 56.0 Å². The molecule has 0 atom stereocenters. The molecule has 0 spiro atoms. The fourth-order valence-electron chi connectivity index (χ4n) is 4.13. The first-order valence-electron chi connectivity index (χ1n) is 9.06. The summed E-state index contributed by atoms with van der Waals surface area (Å²) in [5.74, 6) is -0.362. The Morgan fingerprint density at radius 3 is 2.85 bits per heavy atom. The fraction of sp³-hybridized carbons (Fsp3) is 0.333. The minimum Gasteiger partial charge on any atom is -0.369 e. The first kappa shape index (κ1) is 16.8. The Bertz CT molecular complexity index is 1030. The van der Waals surface area contributed by atoms with Crippen molar-refractivity contribution in [2.75, 3.05) is 6.54 Å². The molecule has 4 rings (SSSR count). The third kappa shape index (κ3) is 2.59. The molecule has 4 N–H and O–H groups in total. The van der Waals surface area contributed by atoms with Crippen molar-refractivity contribution < 1.29 is 4.79 Å². The molecule has 5 nitrogen and oxygen atoms in total. The van der Waals surface area contributed by atoms with Gasteiger partial charge in [0.05, 0.1) is 17.6 Å². The maximum absolute atomic E-state index is 11.5. The third-order valence-electron chi connectivity index (χ3n) is 5.45. The second kappa shape index (κ2) is 6.25. The lowest BCUT2D eigenvalue weighted by Crippen LogP contribution is -2.24. The average Bonchev–Trinajstić information content (AvgIpc) is 2.90. The number of nitrogens with zero attached hydrogens (tertiary/aromatic N) is 1. The lowest BCUT2D eigenvalue weighted by Gasteiger charge is -2.22. The van der Waals surface area contributed by atoms with E-state index in [1.807, 2.05) is 6.92 Å². The van der Waals surface area contributed by atoms with Gasteiger partial charge < -0.3 is 16.0 Å². The molecule has 3 heterocycles. The van der Waals surface area contributed by atoms with Crippen molar-refractivity contribution in [2.24, 2.45) is 5.73 Å². The van der Waals surface area contributed by atoms with Crippen LogP contribution >= 0.6 is 0 Å². The summed E-state index contributed by atoms with van der Waals surface area (Å²) in [7, 11) is 0. The molecule has 0 saturated heterocycles. The second-order valence-electron chi connectivity index (χ2n) is 7.16. The highest BCUT2D eigenvalue weighted by molar-refractivity contribution is 6.02. The number of amides is 1. The van der Waals surface area contributed by atoms with E-state index in [0.29, 0.717) is 0 Å². The first-order valence-corrected chi connectivity index (χ1v) is 9.06. The zero-order valence-corrected chi connectivity index (χ0v) is 15.5. The predicted octanol–water partition coefficient (Wildman–Crippen LogP) is 2.83. The number of benzene rings is 1. The number of rotatable bonds is 3. The smallest absolute Gasteiger partial charge is 0.223 e. The lowest BCUT2D eigenvalue weighted by atomic mass is 9.88. The van der Waals surface area contributed by atoms with E-state index in [9.17, 15) is 4.79 Å². The number of pyridine rings is 1. The van der Waals surface area contributed by atoms with Gasteiger partial charge in [0.25, 0.3) is 0 Å². The zero-order valence-electron chi connectivity index (χ0n) is 15.5. The number of primary amides is 1. The molecule has 0 saturated carbocycles. The Labute approximate surface area is 153 Å². The summed E-state index contributed by atoms with van der Waals surface area (Å²) < 4.78 is 0. The minimum absolute atomic E-state index is 0.147. The van der Waals surface area contributed by atoms with Crippen molar-refractivity contribution in [1.29, 1.82) is 0 Å². The molecule has 0 radical (unpaired) electrons. The number of aromatic amines is 1. The Morgan fingerprint density at radius 2 is 2.08 bits per heavy atom. The number of aromatic nitrogens is 2. The summed E-state index contributed by atoms with van der Waals surface area (Å²) in [5, 5.41) is 4.61. The molecule has 1 amide bonds. The van der Waals surface area contributed by atoms with Crippen molar-refractivity contribution in [3.05, 3.63) is 52.0 Å². The van der Waals surface area contributed by atoms with Crippen LogP contribution in [0.4, 0.5) is 0 Å². The quantitative estimate of drug-likeness (QED) is 0.680. The van der Waals surface area contributed by atoms with Crippen LogP contribution in [0.1, 0.15) is 33.8 Å². The number of nitrogens with one attached hydrogen (secondary N) is 2. The van der Waals surface area contributed by atoms with Crippen LogP contribution in [-0.2, 0) is 24.2 Å². The molecule has 1 aliphatic heterocycles. The number of nitrogens with two attached hydrogens (primary N) is 1. The van der Waals surface area contributed by atoms with E-state index >= 15 is 0 Å². The monoisotopic (exact) mass is 348 g/mol. The van der Waals surface area contributed by atoms with Crippen LogP contribution in [0.5, 0.6) is 0 Å². The van der Waals surface area contributed by atoms with Crippen LogP contribution in [0.25, 0.3) is 22.0 Å². The third-order valence-corrected chi connectivity index (χ3v) is 5.45. The molecular weight excluding hydrogens is 324 g/mol. The summed E-state index contributed by atoms with van der Waals surface area (Å²) in [5.41, 5.74) is 15.6. The molecule has 0 unspecified atom stereocenters. The molecular formula is C21H24N4O. The van der Waals surface area contributed by atoms with Gasteiger partial charge in [0.2, 0.25) is 5.91 Å². The Balaban J connectivity index is 2.06. The van der Waals surface area contributed by atoms with E-state index < -0.39 is 0 Å². The van der Waals surface area contributed by atoms with Gasteiger partial charge in [-0.15, -0.1) is 0 Å².